The Morgan fingerprint density at radius 2 is 2.44 bits per heavy atom. The minimum absolute atomic E-state index is 0.0252. The Kier molecular flexibility index (Phi) is 3.02. The number of aromatic nitrogens is 2. The quantitative estimate of drug-likeness (QED) is 0.857. The van der Waals surface area contributed by atoms with Gasteiger partial charge in [0.25, 0.3) is 0 Å². The second-order valence-electron chi connectivity index (χ2n) is 5.21. The highest BCUT2D eigenvalue weighted by molar-refractivity contribution is 5.07. The van der Waals surface area contributed by atoms with Crippen molar-refractivity contribution in [3.05, 3.63) is 18.0 Å². The number of alkyl halides is 1. The van der Waals surface area contributed by atoms with Gasteiger partial charge in [0, 0.05) is 24.7 Å². The molecule has 2 unspecified atom stereocenters. The van der Waals surface area contributed by atoms with E-state index in [-0.39, 0.29) is 6.04 Å². The van der Waals surface area contributed by atoms with Crippen LogP contribution in [0, 0.1) is 0 Å². The Morgan fingerprint density at radius 1 is 1.69 bits per heavy atom. The summed E-state index contributed by atoms with van der Waals surface area (Å²) < 4.78 is 16.2. The SMILES string of the molecule is CC(C)n1ccc(CC2(F)CCC(N)C2)n1. The van der Waals surface area contributed by atoms with Gasteiger partial charge in [0.15, 0.2) is 0 Å². The van der Waals surface area contributed by atoms with Gasteiger partial charge in [-0.15, -0.1) is 0 Å². The van der Waals surface area contributed by atoms with E-state index in [4.69, 9.17) is 5.73 Å². The zero-order valence-corrected chi connectivity index (χ0v) is 9.99. The maximum atomic E-state index is 14.3. The molecule has 1 heterocycles. The van der Waals surface area contributed by atoms with E-state index in [2.05, 4.69) is 18.9 Å². The maximum Gasteiger partial charge on any atom is 0.118 e. The molecule has 1 saturated carbocycles. The summed E-state index contributed by atoms with van der Waals surface area (Å²) in [6.07, 6.45) is 4.16. The molecular weight excluding hydrogens is 205 g/mol. The van der Waals surface area contributed by atoms with Crippen molar-refractivity contribution in [1.29, 1.82) is 0 Å². The van der Waals surface area contributed by atoms with Crippen LogP contribution in [0.4, 0.5) is 4.39 Å². The van der Waals surface area contributed by atoms with Crippen molar-refractivity contribution in [3.8, 4) is 0 Å². The molecule has 2 N–H and O–H groups in total. The molecule has 2 atom stereocenters. The molecule has 3 nitrogen and oxygen atoms in total. The van der Waals surface area contributed by atoms with E-state index < -0.39 is 5.67 Å². The van der Waals surface area contributed by atoms with Crippen LogP contribution in [0.5, 0.6) is 0 Å². The van der Waals surface area contributed by atoms with E-state index in [0.717, 1.165) is 12.1 Å². The van der Waals surface area contributed by atoms with Gasteiger partial charge in [-0.05, 0) is 39.2 Å². The van der Waals surface area contributed by atoms with Crippen LogP contribution in [-0.2, 0) is 6.42 Å². The molecule has 90 valence electrons. The number of rotatable bonds is 3. The van der Waals surface area contributed by atoms with Crippen molar-refractivity contribution in [3.63, 3.8) is 0 Å². The Labute approximate surface area is 95.8 Å². The van der Waals surface area contributed by atoms with Crippen molar-refractivity contribution in [2.24, 2.45) is 5.73 Å². The molecule has 1 aliphatic rings. The molecular formula is C12H20FN3. The highest BCUT2D eigenvalue weighted by atomic mass is 19.1. The zero-order chi connectivity index (χ0) is 11.8. The van der Waals surface area contributed by atoms with Crippen molar-refractivity contribution in [2.75, 3.05) is 0 Å². The highest BCUT2D eigenvalue weighted by Crippen LogP contribution is 2.35. The second kappa shape index (κ2) is 4.17. The van der Waals surface area contributed by atoms with Gasteiger partial charge in [0.05, 0.1) is 5.69 Å². The van der Waals surface area contributed by atoms with Crippen LogP contribution in [0.3, 0.4) is 0 Å². The summed E-state index contributed by atoms with van der Waals surface area (Å²) in [5.41, 5.74) is 5.46. The monoisotopic (exact) mass is 225 g/mol. The van der Waals surface area contributed by atoms with Gasteiger partial charge in [-0.2, -0.15) is 5.10 Å². The van der Waals surface area contributed by atoms with Crippen molar-refractivity contribution in [2.45, 2.75) is 57.3 Å². The zero-order valence-electron chi connectivity index (χ0n) is 9.99. The lowest BCUT2D eigenvalue weighted by atomic mass is 9.98. The molecule has 2 rings (SSSR count). The molecule has 1 aliphatic carbocycles. The largest absolute Gasteiger partial charge is 0.328 e. The van der Waals surface area contributed by atoms with Crippen LogP contribution in [0.15, 0.2) is 12.3 Å². The van der Waals surface area contributed by atoms with Gasteiger partial charge >= 0.3 is 0 Å². The molecule has 0 bridgehead atoms. The molecule has 1 fully saturated rings. The van der Waals surface area contributed by atoms with Crippen LogP contribution in [0.2, 0.25) is 0 Å². The molecule has 1 aromatic rings. The lowest BCUT2D eigenvalue weighted by Crippen LogP contribution is -2.26. The molecule has 0 radical (unpaired) electrons. The first-order valence-corrected chi connectivity index (χ1v) is 5.97. The maximum absolute atomic E-state index is 14.3. The molecule has 4 heteroatoms. The summed E-state index contributed by atoms with van der Waals surface area (Å²) in [4.78, 5) is 0. The smallest absolute Gasteiger partial charge is 0.118 e. The number of hydrogen-bond acceptors (Lipinski definition) is 2. The van der Waals surface area contributed by atoms with E-state index in [1.807, 2.05) is 16.9 Å². The Morgan fingerprint density at radius 3 is 2.94 bits per heavy atom. The van der Waals surface area contributed by atoms with E-state index in [1.54, 1.807) is 0 Å². The molecule has 16 heavy (non-hydrogen) atoms. The fourth-order valence-electron chi connectivity index (χ4n) is 2.36. The van der Waals surface area contributed by atoms with Crippen molar-refractivity contribution >= 4 is 0 Å². The van der Waals surface area contributed by atoms with Crippen LogP contribution in [-0.4, -0.2) is 21.5 Å². The fourth-order valence-corrected chi connectivity index (χ4v) is 2.36. The predicted molar refractivity (Wildman–Crippen MR) is 62.0 cm³/mol. The number of halogens is 1. The lowest BCUT2D eigenvalue weighted by Gasteiger charge is -2.17. The van der Waals surface area contributed by atoms with Gasteiger partial charge in [0.2, 0.25) is 0 Å². The Hall–Kier alpha value is -0.900. The van der Waals surface area contributed by atoms with Crippen molar-refractivity contribution in [1.82, 2.24) is 9.78 Å². The number of hydrogen-bond donors (Lipinski definition) is 1. The Balaban J connectivity index is 2.03. The van der Waals surface area contributed by atoms with E-state index in [9.17, 15) is 4.39 Å². The van der Waals surface area contributed by atoms with Gasteiger partial charge < -0.3 is 5.73 Å². The molecule has 0 aromatic carbocycles. The summed E-state index contributed by atoms with van der Waals surface area (Å²) in [5, 5.41) is 4.38. The molecule has 0 amide bonds. The molecule has 0 saturated heterocycles. The van der Waals surface area contributed by atoms with Gasteiger partial charge in [-0.1, -0.05) is 0 Å². The molecule has 1 aromatic heterocycles. The van der Waals surface area contributed by atoms with E-state index in [1.165, 1.54) is 0 Å². The third kappa shape index (κ3) is 2.43. The summed E-state index contributed by atoms with van der Waals surface area (Å²) in [7, 11) is 0. The van der Waals surface area contributed by atoms with Crippen LogP contribution >= 0.6 is 0 Å². The topological polar surface area (TPSA) is 43.8 Å². The van der Waals surface area contributed by atoms with Gasteiger partial charge in [0.1, 0.15) is 5.67 Å². The van der Waals surface area contributed by atoms with Crippen LogP contribution in [0.25, 0.3) is 0 Å². The third-order valence-corrected chi connectivity index (χ3v) is 3.28. The third-order valence-electron chi connectivity index (χ3n) is 3.28. The minimum atomic E-state index is -1.13. The molecule has 0 aliphatic heterocycles. The Bertz CT molecular complexity index is 361. The first-order chi connectivity index (χ1) is 7.48. The standard InChI is InChI=1S/C12H20FN3/c1-9(2)16-6-4-11(15-16)8-12(13)5-3-10(14)7-12/h4,6,9-10H,3,5,7-8,14H2,1-2H3. The fraction of sp³-hybridized carbons (Fsp3) is 0.750. The first kappa shape index (κ1) is 11.6. The first-order valence-electron chi connectivity index (χ1n) is 5.97. The summed E-state index contributed by atoms with van der Waals surface area (Å²) in [6.45, 7) is 4.13. The molecule has 0 spiro atoms. The summed E-state index contributed by atoms with van der Waals surface area (Å²) in [5.74, 6) is 0. The van der Waals surface area contributed by atoms with Gasteiger partial charge in [-0.3, -0.25) is 4.68 Å². The average Bonchev–Trinajstić information content (AvgIpc) is 2.74. The van der Waals surface area contributed by atoms with E-state index >= 15 is 0 Å². The minimum Gasteiger partial charge on any atom is -0.328 e. The van der Waals surface area contributed by atoms with Crippen LogP contribution < -0.4 is 5.73 Å². The summed E-state index contributed by atoms with van der Waals surface area (Å²) in [6, 6.07) is 2.26. The van der Waals surface area contributed by atoms with Crippen molar-refractivity contribution < 1.29 is 4.39 Å². The normalized spacial score (nSPS) is 30.2. The summed E-state index contributed by atoms with van der Waals surface area (Å²) >= 11 is 0. The highest BCUT2D eigenvalue weighted by Gasteiger charge is 2.38. The van der Waals surface area contributed by atoms with Gasteiger partial charge in [-0.25, -0.2) is 4.39 Å². The lowest BCUT2D eigenvalue weighted by molar-refractivity contribution is 0.168. The van der Waals surface area contributed by atoms with E-state index in [0.29, 0.717) is 25.3 Å². The predicted octanol–water partition coefficient (Wildman–Crippen LogP) is 2.23. The average molecular weight is 225 g/mol. The second-order valence-corrected chi connectivity index (χ2v) is 5.21. The van der Waals surface area contributed by atoms with Crippen LogP contribution in [0.1, 0.15) is 44.8 Å². The number of nitrogens with two attached hydrogens (primary N) is 1. The number of nitrogens with zero attached hydrogens (tertiary/aromatic N) is 2.